The molecule has 0 unspecified atom stereocenters. The van der Waals surface area contributed by atoms with Crippen molar-refractivity contribution >= 4 is 11.9 Å². The smallest absolute Gasteiger partial charge is 0.310 e. The quantitative estimate of drug-likeness (QED) is 0.906. The molecular weight excluding hydrogens is 270 g/mol. The van der Waals surface area contributed by atoms with Gasteiger partial charge in [-0.05, 0) is 31.9 Å². The minimum absolute atomic E-state index is 0.0819. The fourth-order valence-electron chi connectivity index (χ4n) is 3.01. The SMILES string of the molecule is Cc1ccc(CN(C)C(=O)CC2(C(=O)O)CCCCC2)o1. The average Bonchev–Trinajstić information content (AvgIpc) is 2.85. The van der Waals surface area contributed by atoms with Crippen LogP contribution >= 0.6 is 0 Å². The lowest BCUT2D eigenvalue weighted by Crippen LogP contribution is -2.39. The zero-order valence-electron chi connectivity index (χ0n) is 12.7. The van der Waals surface area contributed by atoms with E-state index in [1.807, 2.05) is 19.1 Å². The molecule has 0 bridgehead atoms. The number of furan rings is 1. The fraction of sp³-hybridized carbons (Fsp3) is 0.625. The van der Waals surface area contributed by atoms with Crippen LogP contribution in [0, 0.1) is 12.3 Å². The first-order valence-electron chi connectivity index (χ1n) is 7.46. The second-order valence-corrected chi connectivity index (χ2v) is 6.09. The van der Waals surface area contributed by atoms with Gasteiger partial charge in [0.15, 0.2) is 0 Å². The summed E-state index contributed by atoms with van der Waals surface area (Å²) in [7, 11) is 1.69. The highest BCUT2D eigenvalue weighted by molar-refractivity contribution is 5.85. The van der Waals surface area contributed by atoms with Gasteiger partial charge in [-0.1, -0.05) is 19.3 Å². The maximum Gasteiger partial charge on any atom is 0.310 e. The molecule has 5 nitrogen and oxygen atoms in total. The van der Waals surface area contributed by atoms with Gasteiger partial charge in [-0.15, -0.1) is 0 Å². The fourth-order valence-corrected chi connectivity index (χ4v) is 3.01. The van der Waals surface area contributed by atoms with Crippen LogP contribution in [0.4, 0.5) is 0 Å². The van der Waals surface area contributed by atoms with Crippen LogP contribution in [0.25, 0.3) is 0 Å². The predicted molar refractivity (Wildman–Crippen MR) is 77.7 cm³/mol. The first kappa shape index (κ1) is 15.6. The van der Waals surface area contributed by atoms with Crippen molar-refractivity contribution < 1.29 is 19.1 Å². The van der Waals surface area contributed by atoms with Gasteiger partial charge in [-0.25, -0.2) is 0 Å². The minimum atomic E-state index is -0.872. The van der Waals surface area contributed by atoms with E-state index in [9.17, 15) is 14.7 Å². The van der Waals surface area contributed by atoms with Crippen molar-refractivity contribution in [2.24, 2.45) is 5.41 Å². The summed E-state index contributed by atoms with van der Waals surface area (Å²) in [6.45, 7) is 2.23. The molecule has 1 aromatic rings. The Morgan fingerprint density at radius 2 is 1.95 bits per heavy atom. The molecule has 21 heavy (non-hydrogen) atoms. The van der Waals surface area contributed by atoms with Crippen LogP contribution in [0.15, 0.2) is 16.5 Å². The number of hydrogen-bond acceptors (Lipinski definition) is 3. The number of rotatable bonds is 5. The van der Waals surface area contributed by atoms with Crippen molar-refractivity contribution in [3.63, 3.8) is 0 Å². The van der Waals surface area contributed by atoms with Gasteiger partial charge in [-0.3, -0.25) is 9.59 Å². The molecule has 5 heteroatoms. The van der Waals surface area contributed by atoms with Gasteiger partial charge < -0.3 is 14.4 Å². The summed E-state index contributed by atoms with van der Waals surface area (Å²) < 4.78 is 5.46. The third kappa shape index (κ3) is 3.65. The molecule has 1 N–H and O–H groups in total. The molecule has 1 saturated carbocycles. The molecule has 0 atom stereocenters. The van der Waals surface area contributed by atoms with Crippen molar-refractivity contribution in [3.8, 4) is 0 Å². The number of carboxylic acid groups (broad SMARTS) is 1. The number of aryl methyl sites for hydroxylation is 1. The summed E-state index contributed by atoms with van der Waals surface area (Å²) in [5, 5.41) is 9.52. The van der Waals surface area contributed by atoms with Crippen molar-refractivity contribution in [1.29, 1.82) is 0 Å². The summed E-state index contributed by atoms with van der Waals surface area (Å²) >= 11 is 0. The number of hydrogen-bond donors (Lipinski definition) is 1. The Morgan fingerprint density at radius 1 is 1.29 bits per heavy atom. The second-order valence-electron chi connectivity index (χ2n) is 6.09. The van der Waals surface area contributed by atoms with Crippen molar-refractivity contribution in [2.75, 3.05) is 7.05 Å². The van der Waals surface area contributed by atoms with Crippen LogP contribution in [0.5, 0.6) is 0 Å². The highest BCUT2D eigenvalue weighted by Gasteiger charge is 2.42. The summed E-state index contributed by atoms with van der Waals surface area (Å²) in [6.07, 6.45) is 4.12. The van der Waals surface area contributed by atoms with E-state index in [2.05, 4.69) is 0 Å². The number of nitrogens with zero attached hydrogens (tertiary/aromatic N) is 1. The maximum atomic E-state index is 12.4. The predicted octanol–water partition coefficient (Wildman–Crippen LogP) is 2.97. The molecule has 1 aliphatic rings. The lowest BCUT2D eigenvalue weighted by Gasteiger charge is -2.33. The summed E-state index contributed by atoms with van der Waals surface area (Å²) in [4.78, 5) is 25.5. The van der Waals surface area contributed by atoms with Crippen LogP contribution in [-0.2, 0) is 16.1 Å². The van der Waals surface area contributed by atoms with E-state index >= 15 is 0 Å². The number of amides is 1. The zero-order valence-corrected chi connectivity index (χ0v) is 12.7. The Hall–Kier alpha value is -1.78. The first-order valence-corrected chi connectivity index (χ1v) is 7.46. The van der Waals surface area contributed by atoms with Crippen molar-refractivity contribution in [2.45, 2.75) is 52.0 Å². The summed E-state index contributed by atoms with van der Waals surface area (Å²) in [5.41, 5.74) is -0.872. The monoisotopic (exact) mass is 293 g/mol. The summed E-state index contributed by atoms with van der Waals surface area (Å²) in [5.74, 6) is 0.558. The van der Waals surface area contributed by atoms with E-state index in [0.29, 0.717) is 19.4 Å². The Bertz CT molecular complexity index is 514. The van der Waals surface area contributed by atoms with Gasteiger partial charge in [0.25, 0.3) is 0 Å². The van der Waals surface area contributed by atoms with Crippen LogP contribution in [-0.4, -0.2) is 28.9 Å². The second kappa shape index (κ2) is 6.33. The molecule has 116 valence electrons. The van der Waals surface area contributed by atoms with Gasteiger partial charge in [-0.2, -0.15) is 0 Å². The Labute approximate surface area is 124 Å². The van der Waals surface area contributed by atoms with Crippen LogP contribution in [0.3, 0.4) is 0 Å². The summed E-state index contributed by atoms with van der Waals surface area (Å²) in [6, 6.07) is 3.69. The highest BCUT2D eigenvalue weighted by atomic mass is 16.4. The molecule has 1 heterocycles. The van der Waals surface area contributed by atoms with E-state index in [1.165, 1.54) is 0 Å². The van der Waals surface area contributed by atoms with Gasteiger partial charge >= 0.3 is 5.97 Å². The maximum absolute atomic E-state index is 12.4. The zero-order chi connectivity index (χ0) is 15.5. The molecule has 0 spiro atoms. The lowest BCUT2D eigenvalue weighted by molar-refractivity contribution is -0.155. The van der Waals surface area contributed by atoms with E-state index in [1.54, 1.807) is 11.9 Å². The van der Waals surface area contributed by atoms with Crippen LogP contribution in [0.1, 0.15) is 50.0 Å². The largest absolute Gasteiger partial charge is 0.481 e. The average molecular weight is 293 g/mol. The lowest BCUT2D eigenvalue weighted by atomic mass is 9.71. The molecule has 1 aromatic heterocycles. The third-order valence-corrected chi connectivity index (χ3v) is 4.37. The normalized spacial score (nSPS) is 17.4. The van der Waals surface area contributed by atoms with Crippen LogP contribution < -0.4 is 0 Å². The van der Waals surface area contributed by atoms with E-state index < -0.39 is 11.4 Å². The molecule has 1 amide bonds. The molecule has 1 fully saturated rings. The van der Waals surface area contributed by atoms with E-state index in [0.717, 1.165) is 30.8 Å². The number of carbonyl (C=O) groups excluding carboxylic acids is 1. The Balaban J connectivity index is 1.99. The minimum Gasteiger partial charge on any atom is -0.481 e. The first-order chi connectivity index (χ1) is 9.93. The number of carboxylic acids is 1. The molecular formula is C16H23NO4. The van der Waals surface area contributed by atoms with Crippen molar-refractivity contribution in [1.82, 2.24) is 4.90 Å². The van der Waals surface area contributed by atoms with E-state index in [-0.39, 0.29) is 12.3 Å². The molecule has 0 radical (unpaired) electrons. The molecule has 0 aliphatic heterocycles. The Kier molecular flexibility index (Phi) is 4.70. The number of carbonyl (C=O) groups is 2. The molecule has 1 aliphatic carbocycles. The van der Waals surface area contributed by atoms with E-state index in [4.69, 9.17) is 4.42 Å². The van der Waals surface area contributed by atoms with Gasteiger partial charge in [0.05, 0.1) is 12.0 Å². The van der Waals surface area contributed by atoms with Gasteiger partial charge in [0.2, 0.25) is 5.91 Å². The Morgan fingerprint density at radius 3 is 2.48 bits per heavy atom. The number of aliphatic carboxylic acids is 1. The van der Waals surface area contributed by atoms with Crippen molar-refractivity contribution in [3.05, 3.63) is 23.7 Å². The molecule has 0 saturated heterocycles. The standard InChI is InChI=1S/C16H23NO4/c1-12-6-7-13(21-12)11-17(2)14(18)10-16(15(19)20)8-4-3-5-9-16/h6-7H,3-5,8-11H2,1-2H3,(H,19,20). The van der Waals surface area contributed by atoms with Crippen LogP contribution in [0.2, 0.25) is 0 Å². The molecule has 2 rings (SSSR count). The third-order valence-electron chi connectivity index (χ3n) is 4.37. The highest BCUT2D eigenvalue weighted by Crippen LogP contribution is 2.40. The van der Waals surface area contributed by atoms with Gasteiger partial charge in [0.1, 0.15) is 11.5 Å². The molecule has 0 aromatic carbocycles. The topological polar surface area (TPSA) is 70.8 Å². The van der Waals surface area contributed by atoms with Gasteiger partial charge in [0, 0.05) is 13.5 Å².